The summed E-state index contributed by atoms with van der Waals surface area (Å²) in [6, 6.07) is 6.23. The number of nitrogens with two attached hydrogens (primary N) is 1. The van der Waals surface area contributed by atoms with Crippen molar-refractivity contribution in [2.75, 3.05) is 0 Å². The zero-order chi connectivity index (χ0) is 13.4. The minimum Gasteiger partial charge on any atom is -0.490 e. The Labute approximate surface area is 112 Å². The first-order chi connectivity index (χ1) is 8.67. The first kappa shape index (κ1) is 15.0. The van der Waals surface area contributed by atoms with Crippen molar-refractivity contribution in [3.05, 3.63) is 29.3 Å². The van der Waals surface area contributed by atoms with Crippen molar-refractivity contribution in [3.63, 3.8) is 0 Å². The van der Waals surface area contributed by atoms with Crippen LogP contribution in [0.4, 0.5) is 0 Å². The van der Waals surface area contributed by atoms with Crippen LogP contribution in [0.1, 0.15) is 57.1 Å². The lowest BCUT2D eigenvalue weighted by Crippen LogP contribution is -2.13. The van der Waals surface area contributed by atoms with Gasteiger partial charge in [-0.2, -0.15) is 0 Å². The Balaban J connectivity index is 2.45. The number of rotatable bonds is 8. The molecule has 0 saturated carbocycles. The van der Waals surface area contributed by atoms with Gasteiger partial charge in [-0.1, -0.05) is 43.9 Å². The van der Waals surface area contributed by atoms with E-state index in [-0.39, 0.29) is 6.10 Å². The van der Waals surface area contributed by atoms with Crippen LogP contribution in [0.5, 0.6) is 5.75 Å². The highest BCUT2D eigenvalue weighted by molar-refractivity contribution is 5.36. The number of aryl methyl sites for hydroxylation is 1. The fourth-order valence-corrected chi connectivity index (χ4v) is 2.12. The van der Waals surface area contributed by atoms with Gasteiger partial charge in [-0.25, -0.2) is 0 Å². The van der Waals surface area contributed by atoms with Crippen LogP contribution in [-0.4, -0.2) is 6.10 Å². The largest absolute Gasteiger partial charge is 0.490 e. The van der Waals surface area contributed by atoms with Crippen molar-refractivity contribution in [1.82, 2.24) is 0 Å². The summed E-state index contributed by atoms with van der Waals surface area (Å²) in [6.07, 6.45) is 6.56. The van der Waals surface area contributed by atoms with Crippen LogP contribution in [0.25, 0.3) is 0 Å². The lowest BCUT2D eigenvalue weighted by Gasteiger charge is -2.17. The van der Waals surface area contributed by atoms with Crippen molar-refractivity contribution in [2.45, 2.75) is 65.5 Å². The van der Waals surface area contributed by atoms with E-state index in [1.54, 1.807) is 0 Å². The van der Waals surface area contributed by atoms with Crippen molar-refractivity contribution >= 4 is 0 Å². The molecule has 0 spiro atoms. The molecule has 0 saturated heterocycles. The van der Waals surface area contributed by atoms with E-state index in [1.807, 2.05) is 6.07 Å². The molecule has 1 aromatic carbocycles. The molecular formula is C16H27NO. The molecule has 1 rings (SSSR count). The van der Waals surface area contributed by atoms with E-state index >= 15 is 0 Å². The minimum atomic E-state index is 0.273. The summed E-state index contributed by atoms with van der Waals surface area (Å²) < 4.78 is 5.99. The fraction of sp³-hybridized carbons (Fsp3) is 0.625. The normalized spacial score (nSPS) is 12.4. The summed E-state index contributed by atoms with van der Waals surface area (Å²) in [6.45, 7) is 7.00. The molecule has 0 radical (unpaired) electrons. The van der Waals surface area contributed by atoms with Gasteiger partial charge < -0.3 is 10.5 Å². The highest BCUT2D eigenvalue weighted by Crippen LogP contribution is 2.22. The van der Waals surface area contributed by atoms with Gasteiger partial charge in [-0.05, 0) is 32.8 Å². The summed E-state index contributed by atoms with van der Waals surface area (Å²) in [5, 5.41) is 0. The molecule has 102 valence electrons. The van der Waals surface area contributed by atoms with E-state index in [0.29, 0.717) is 6.54 Å². The average Bonchev–Trinajstić information content (AvgIpc) is 2.37. The van der Waals surface area contributed by atoms with Gasteiger partial charge in [-0.15, -0.1) is 0 Å². The van der Waals surface area contributed by atoms with E-state index < -0.39 is 0 Å². The maximum absolute atomic E-state index is 5.99. The Kier molecular flexibility index (Phi) is 6.81. The van der Waals surface area contributed by atoms with Gasteiger partial charge in [0.25, 0.3) is 0 Å². The standard InChI is InChI=1S/C16H27NO/c1-4-5-6-7-8-14(3)18-16-10-9-13(2)11-15(16)12-17/h9-11,14H,4-8,12,17H2,1-3H3. The van der Waals surface area contributed by atoms with Gasteiger partial charge in [0.1, 0.15) is 5.75 Å². The molecule has 0 bridgehead atoms. The van der Waals surface area contributed by atoms with Crippen molar-refractivity contribution in [3.8, 4) is 5.75 Å². The third-order valence-corrected chi connectivity index (χ3v) is 3.23. The maximum atomic E-state index is 5.99. The number of hydrogen-bond acceptors (Lipinski definition) is 2. The molecule has 0 aromatic heterocycles. The fourth-order valence-electron chi connectivity index (χ4n) is 2.12. The van der Waals surface area contributed by atoms with Gasteiger partial charge in [0, 0.05) is 12.1 Å². The summed E-state index contributed by atoms with van der Waals surface area (Å²) in [4.78, 5) is 0. The highest BCUT2D eigenvalue weighted by atomic mass is 16.5. The molecule has 2 heteroatoms. The number of hydrogen-bond donors (Lipinski definition) is 1. The Bertz CT molecular complexity index is 349. The second-order valence-corrected chi connectivity index (χ2v) is 5.09. The van der Waals surface area contributed by atoms with Crippen LogP contribution in [0.15, 0.2) is 18.2 Å². The Morgan fingerprint density at radius 1 is 1.22 bits per heavy atom. The van der Waals surface area contributed by atoms with Crippen molar-refractivity contribution in [1.29, 1.82) is 0 Å². The molecule has 2 nitrogen and oxygen atoms in total. The first-order valence-corrected chi connectivity index (χ1v) is 7.13. The van der Waals surface area contributed by atoms with E-state index in [4.69, 9.17) is 10.5 Å². The molecule has 18 heavy (non-hydrogen) atoms. The Hall–Kier alpha value is -1.02. The summed E-state index contributed by atoms with van der Waals surface area (Å²) in [5.74, 6) is 0.950. The third-order valence-electron chi connectivity index (χ3n) is 3.23. The molecule has 0 aliphatic heterocycles. The number of benzene rings is 1. The molecule has 0 aliphatic rings. The van der Waals surface area contributed by atoms with Crippen LogP contribution in [0, 0.1) is 6.92 Å². The third kappa shape index (κ3) is 5.09. The molecule has 0 heterocycles. The highest BCUT2D eigenvalue weighted by Gasteiger charge is 2.07. The van der Waals surface area contributed by atoms with Crippen LogP contribution in [0.3, 0.4) is 0 Å². The second kappa shape index (κ2) is 8.15. The second-order valence-electron chi connectivity index (χ2n) is 5.09. The predicted octanol–water partition coefficient (Wildman–Crippen LogP) is 4.19. The molecule has 1 unspecified atom stereocenters. The average molecular weight is 249 g/mol. The van der Waals surface area contributed by atoms with Gasteiger partial charge in [0.05, 0.1) is 6.10 Å². The van der Waals surface area contributed by atoms with E-state index in [0.717, 1.165) is 17.7 Å². The van der Waals surface area contributed by atoms with E-state index in [9.17, 15) is 0 Å². The summed E-state index contributed by atoms with van der Waals surface area (Å²) in [5.41, 5.74) is 8.10. The van der Waals surface area contributed by atoms with Crippen LogP contribution in [0.2, 0.25) is 0 Å². The predicted molar refractivity (Wildman–Crippen MR) is 77.9 cm³/mol. The molecular weight excluding hydrogens is 222 g/mol. The molecule has 1 aromatic rings. The van der Waals surface area contributed by atoms with Gasteiger partial charge in [-0.3, -0.25) is 0 Å². The molecule has 2 N–H and O–H groups in total. The van der Waals surface area contributed by atoms with Crippen LogP contribution >= 0.6 is 0 Å². The van der Waals surface area contributed by atoms with Crippen LogP contribution < -0.4 is 10.5 Å². The van der Waals surface area contributed by atoms with Crippen LogP contribution in [-0.2, 0) is 6.54 Å². The van der Waals surface area contributed by atoms with Gasteiger partial charge >= 0.3 is 0 Å². The smallest absolute Gasteiger partial charge is 0.124 e. The summed E-state index contributed by atoms with van der Waals surface area (Å²) in [7, 11) is 0. The maximum Gasteiger partial charge on any atom is 0.124 e. The lowest BCUT2D eigenvalue weighted by atomic mass is 10.1. The minimum absolute atomic E-state index is 0.273. The number of unbranched alkanes of at least 4 members (excludes halogenated alkanes) is 3. The monoisotopic (exact) mass is 249 g/mol. The lowest BCUT2D eigenvalue weighted by molar-refractivity contribution is 0.204. The SMILES string of the molecule is CCCCCCC(C)Oc1ccc(C)cc1CN. The first-order valence-electron chi connectivity index (χ1n) is 7.13. The van der Waals surface area contributed by atoms with Gasteiger partial charge in [0.15, 0.2) is 0 Å². The Morgan fingerprint density at radius 2 is 2.00 bits per heavy atom. The number of ether oxygens (including phenoxy) is 1. The van der Waals surface area contributed by atoms with Gasteiger partial charge in [0.2, 0.25) is 0 Å². The Morgan fingerprint density at radius 3 is 2.67 bits per heavy atom. The molecule has 1 atom stereocenters. The van der Waals surface area contributed by atoms with Crippen molar-refractivity contribution in [2.24, 2.45) is 5.73 Å². The quantitative estimate of drug-likeness (QED) is 0.701. The molecule has 0 aliphatic carbocycles. The topological polar surface area (TPSA) is 35.2 Å². The van der Waals surface area contributed by atoms with Crippen molar-refractivity contribution < 1.29 is 4.74 Å². The molecule has 0 fully saturated rings. The zero-order valence-electron chi connectivity index (χ0n) is 12.0. The molecule has 0 amide bonds. The van der Waals surface area contributed by atoms with E-state index in [1.165, 1.54) is 31.2 Å². The summed E-state index contributed by atoms with van der Waals surface area (Å²) >= 11 is 0. The van der Waals surface area contributed by atoms with E-state index in [2.05, 4.69) is 32.9 Å². The zero-order valence-corrected chi connectivity index (χ0v) is 12.0.